The summed E-state index contributed by atoms with van der Waals surface area (Å²) >= 11 is 0. The first-order valence-electron chi connectivity index (χ1n) is 17.5. The fraction of sp³-hybridized carbons (Fsp3) is 0.914. The van der Waals surface area contributed by atoms with Gasteiger partial charge in [0.2, 0.25) is 11.8 Å². The summed E-state index contributed by atoms with van der Waals surface area (Å²) in [7, 11) is 0. The lowest BCUT2D eigenvalue weighted by Crippen LogP contribution is -2.56. The molecule has 1 aliphatic carbocycles. The Bertz CT molecular complexity index is 821. The highest BCUT2D eigenvalue weighted by atomic mass is 16.7. The van der Waals surface area contributed by atoms with Gasteiger partial charge in [0, 0.05) is 23.9 Å². The van der Waals surface area contributed by atoms with Crippen LogP contribution in [0.4, 0.5) is 0 Å². The Morgan fingerprint density at radius 2 is 1.40 bits per heavy atom. The molecule has 0 bridgehead atoms. The Kier molecular flexibility index (Phi) is 17.2. The van der Waals surface area contributed by atoms with Crippen molar-refractivity contribution in [1.29, 1.82) is 0 Å². The first kappa shape index (κ1) is 37.5. The molecule has 2 atom stereocenters. The summed E-state index contributed by atoms with van der Waals surface area (Å²) in [6.45, 7) is 12.4. The molecule has 250 valence electrons. The minimum Gasteiger partial charge on any atom is -0.462 e. The van der Waals surface area contributed by atoms with Crippen LogP contribution in [0.2, 0.25) is 0 Å². The second-order valence-electron chi connectivity index (χ2n) is 14.3. The van der Waals surface area contributed by atoms with Crippen molar-refractivity contribution in [2.24, 2.45) is 11.3 Å². The lowest BCUT2D eigenvalue weighted by Gasteiger charge is -2.44. The molecular formula is C35H64N2O6. The fourth-order valence-electron chi connectivity index (χ4n) is 6.04. The summed E-state index contributed by atoms with van der Waals surface area (Å²) in [5, 5.41) is 6.05. The Labute approximate surface area is 262 Å². The number of hydrogen-bond acceptors (Lipinski definition) is 6. The SMILES string of the molecule is CCCCCCCCCCCCCCC(C)C(=O)NC1CCC(OC(=O)CCNC(=O)C2OC(C)(C)OCC2(C)C)CC1. The van der Waals surface area contributed by atoms with E-state index >= 15 is 0 Å². The van der Waals surface area contributed by atoms with Gasteiger partial charge in [-0.2, -0.15) is 0 Å². The molecule has 2 fully saturated rings. The van der Waals surface area contributed by atoms with Crippen molar-refractivity contribution in [1.82, 2.24) is 10.6 Å². The van der Waals surface area contributed by atoms with Gasteiger partial charge in [0.1, 0.15) is 12.2 Å². The maximum absolute atomic E-state index is 12.7. The number of carbonyl (C=O) groups excluding carboxylic acids is 3. The van der Waals surface area contributed by atoms with Crippen molar-refractivity contribution in [2.75, 3.05) is 13.2 Å². The van der Waals surface area contributed by atoms with Crippen LogP contribution in [0.5, 0.6) is 0 Å². The predicted molar refractivity (Wildman–Crippen MR) is 171 cm³/mol. The highest BCUT2D eigenvalue weighted by Crippen LogP contribution is 2.34. The van der Waals surface area contributed by atoms with Crippen LogP contribution in [-0.2, 0) is 28.6 Å². The molecule has 1 aliphatic heterocycles. The Hall–Kier alpha value is -1.67. The van der Waals surface area contributed by atoms with Crippen molar-refractivity contribution < 1.29 is 28.6 Å². The molecule has 1 saturated heterocycles. The Morgan fingerprint density at radius 3 is 1.98 bits per heavy atom. The van der Waals surface area contributed by atoms with Gasteiger partial charge in [0.15, 0.2) is 5.79 Å². The number of nitrogens with one attached hydrogen (secondary N) is 2. The summed E-state index contributed by atoms with van der Waals surface area (Å²) in [5.74, 6) is -1.18. The van der Waals surface area contributed by atoms with E-state index in [1.807, 2.05) is 20.8 Å². The van der Waals surface area contributed by atoms with Gasteiger partial charge in [-0.3, -0.25) is 14.4 Å². The van der Waals surface area contributed by atoms with Crippen LogP contribution >= 0.6 is 0 Å². The van der Waals surface area contributed by atoms with Gasteiger partial charge in [-0.25, -0.2) is 0 Å². The van der Waals surface area contributed by atoms with Crippen LogP contribution in [-0.4, -0.2) is 55.0 Å². The van der Waals surface area contributed by atoms with Crippen LogP contribution in [0.15, 0.2) is 0 Å². The Morgan fingerprint density at radius 1 is 0.837 bits per heavy atom. The van der Waals surface area contributed by atoms with Crippen LogP contribution in [0, 0.1) is 11.3 Å². The minimum atomic E-state index is -0.820. The van der Waals surface area contributed by atoms with E-state index in [2.05, 4.69) is 17.6 Å². The summed E-state index contributed by atoms with van der Waals surface area (Å²) < 4.78 is 17.2. The molecule has 1 saturated carbocycles. The highest BCUT2D eigenvalue weighted by Gasteiger charge is 2.45. The van der Waals surface area contributed by atoms with Crippen LogP contribution in [0.25, 0.3) is 0 Å². The molecule has 0 radical (unpaired) electrons. The second kappa shape index (κ2) is 19.7. The molecule has 2 amide bonds. The number of hydrogen-bond donors (Lipinski definition) is 2. The van der Waals surface area contributed by atoms with Crippen molar-refractivity contribution >= 4 is 17.8 Å². The zero-order valence-electron chi connectivity index (χ0n) is 28.4. The van der Waals surface area contributed by atoms with Crippen molar-refractivity contribution in [2.45, 2.75) is 181 Å². The van der Waals surface area contributed by atoms with E-state index in [1.165, 1.54) is 70.6 Å². The number of carbonyl (C=O) groups is 3. The molecule has 8 heteroatoms. The average molecular weight is 609 g/mol. The molecule has 1 heterocycles. The molecule has 43 heavy (non-hydrogen) atoms. The number of amides is 2. The number of unbranched alkanes of at least 4 members (excludes halogenated alkanes) is 11. The topological polar surface area (TPSA) is 103 Å². The maximum Gasteiger partial charge on any atom is 0.307 e. The monoisotopic (exact) mass is 608 g/mol. The van der Waals surface area contributed by atoms with E-state index in [1.54, 1.807) is 13.8 Å². The van der Waals surface area contributed by atoms with E-state index in [0.717, 1.165) is 38.5 Å². The molecule has 0 aromatic carbocycles. The van der Waals surface area contributed by atoms with Gasteiger partial charge in [-0.15, -0.1) is 0 Å². The largest absolute Gasteiger partial charge is 0.462 e. The smallest absolute Gasteiger partial charge is 0.307 e. The Balaban J connectivity index is 1.50. The van der Waals surface area contributed by atoms with E-state index in [4.69, 9.17) is 14.2 Å². The van der Waals surface area contributed by atoms with Crippen molar-refractivity contribution in [3.63, 3.8) is 0 Å². The standard InChI is InChI=1S/C35H64N2O6/c1-7-8-9-10-11-12-13-14-15-16-17-18-19-27(2)32(39)37-28-20-22-29(23-21-28)42-30(38)24-25-36-33(40)31-34(3,4)26-41-35(5,6)43-31/h27-29,31H,7-26H2,1-6H3,(H,36,40)(H,37,39). The molecule has 2 unspecified atom stereocenters. The number of rotatable bonds is 20. The first-order valence-corrected chi connectivity index (χ1v) is 17.5. The number of ether oxygens (including phenoxy) is 3. The molecule has 2 aliphatic rings. The minimum absolute atomic E-state index is 0.0389. The van der Waals surface area contributed by atoms with Gasteiger partial charge in [0.05, 0.1) is 13.0 Å². The van der Waals surface area contributed by atoms with Crippen molar-refractivity contribution in [3.05, 3.63) is 0 Å². The van der Waals surface area contributed by atoms with Gasteiger partial charge in [0.25, 0.3) is 0 Å². The van der Waals surface area contributed by atoms with Crippen LogP contribution in [0.3, 0.4) is 0 Å². The number of esters is 1. The van der Waals surface area contributed by atoms with Crippen LogP contribution < -0.4 is 10.6 Å². The summed E-state index contributed by atoms with van der Waals surface area (Å²) in [4.78, 5) is 37.9. The summed E-state index contributed by atoms with van der Waals surface area (Å²) in [5.41, 5.74) is -0.460. The predicted octanol–water partition coefficient (Wildman–Crippen LogP) is 7.37. The van der Waals surface area contributed by atoms with E-state index in [0.29, 0.717) is 6.61 Å². The van der Waals surface area contributed by atoms with Gasteiger partial charge < -0.3 is 24.8 Å². The molecule has 2 N–H and O–H groups in total. The van der Waals surface area contributed by atoms with E-state index < -0.39 is 17.3 Å². The normalized spacial score (nSPS) is 23.7. The molecule has 2 rings (SSSR count). The molecule has 0 spiro atoms. The quantitative estimate of drug-likeness (QED) is 0.111. The highest BCUT2D eigenvalue weighted by molar-refractivity contribution is 5.82. The van der Waals surface area contributed by atoms with Gasteiger partial charge in [-0.1, -0.05) is 105 Å². The third-order valence-electron chi connectivity index (χ3n) is 9.03. The third-order valence-corrected chi connectivity index (χ3v) is 9.03. The molecule has 0 aromatic heterocycles. The van der Waals surface area contributed by atoms with E-state index in [9.17, 15) is 14.4 Å². The fourth-order valence-corrected chi connectivity index (χ4v) is 6.04. The second-order valence-corrected chi connectivity index (χ2v) is 14.3. The maximum atomic E-state index is 12.7. The zero-order chi connectivity index (χ0) is 31.7. The lowest BCUT2D eigenvalue weighted by molar-refractivity contribution is -0.304. The van der Waals surface area contributed by atoms with E-state index in [-0.39, 0.29) is 48.8 Å². The summed E-state index contributed by atoms with van der Waals surface area (Å²) in [6, 6.07) is 0.151. The van der Waals surface area contributed by atoms with Gasteiger partial charge in [-0.05, 0) is 46.0 Å². The lowest BCUT2D eigenvalue weighted by atomic mass is 9.85. The molecule has 8 nitrogen and oxygen atoms in total. The molecule has 0 aromatic rings. The molecular weight excluding hydrogens is 544 g/mol. The van der Waals surface area contributed by atoms with Gasteiger partial charge >= 0.3 is 5.97 Å². The van der Waals surface area contributed by atoms with Crippen LogP contribution in [0.1, 0.15) is 157 Å². The zero-order valence-corrected chi connectivity index (χ0v) is 28.4. The first-order chi connectivity index (χ1) is 20.4. The summed E-state index contributed by atoms with van der Waals surface area (Å²) in [6.07, 6.45) is 19.3. The average Bonchev–Trinajstić information content (AvgIpc) is 2.96. The van der Waals surface area contributed by atoms with Crippen molar-refractivity contribution in [3.8, 4) is 0 Å². The third kappa shape index (κ3) is 15.3.